The van der Waals surface area contributed by atoms with Crippen molar-refractivity contribution in [3.05, 3.63) is 47.4 Å². The van der Waals surface area contributed by atoms with Crippen LogP contribution < -0.4 is 5.32 Å². The molecule has 2 rings (SSSR count). The lowest BCUT2D eigenvalue weighted by atomic mass is 10.1. The van der Waals surface area contributed by atoms with Gasteiger partial charge in [0, 0.05) is 12.3 Å². The fourth-order valence-electron chi connectivity index (χ4n) is 1.69. The van der Waals surface area contributed by atoms with Crippen molar-refractivity contribution in [1.82, 2.24) is 9.97 Å². The van der Waals surface area contributed by atoms with Crippen molar-refractivity contribution >= 4 is 17.7 Å². The molecule has 0 saturated carbocycles. The molecule has 0 aliphatic rings. The molecule has 0 aliphatic heterocycles. The normalized spacial score (nSPS) is 10.6. The van der Waals surface area contributed by atoms with Crippen LogP contribution in [0.1, 0.15) is 24.5 Å². The number of rotatable bonds is 6. The number of anilines is 1. The molecule has 3 nitrogen and oxygen atoms in total. The molecule has 0 radical (unpaired) electrons. The van der Waals surface area contributed by atoms with Crippen LogP contribution in [0, 0.1) is 12.7 Å². The Bertz CT molecular complexity index is 575. The first-order chi connectivity index (χ1) is 9.70. The van der Waals surface area contributed by atoms with Crippen LogP contribution in [0.5, 0.6) is 0 Å². The smallest absolute Gasteiger partial charge is 0.223 e. The number of nitrogens with zero attached hydrogens (tertiary/aromatic N) is 2. The van der Waals surface area contributed by atoms with Crippen LogP contribution in [-0.4, -0.2) is 16.5 Å². The van der Waals surface area contributed by atoms with E-state index < -0.39 is 0 Å². The molecule has 1 N–H and O–H groups in total. The van der Waals surface area contributed by atoms with E-state index in [2.05, 4.69) is 41.3 Å². The Kier molecular flexibility index (Phi) is 5.35. The Hall–Kier alpha value is -1.62. The summed E-state index contributed by atoms with van der Waals surface area (Å²) >= 11 is 1.40. The zero-order chi connectivity index (χ0) is 14.4. The molecule has 2 aromatic rings. The van der Waals surface area contributed by atoms with E-state index in [4.69, 9.17) is 0 Å². The summed E-state index contributed by atoms with van der Waals surface area (Å²) in [5.74, 6) is 0.819. The summed E-state index contributed by atoms with van der Waals surface area (Å²) in [5, 5.41) is 3.46. The highest BCUT2D eigenvalue weighted by molar-refractivity contribution is 7.98. The maximum Gasteiger partial charge on any atom is 0.223 e. The Labute approximate surface area is 123 Å². The van der Waals surface area contributed by atoms with Gasteiger partial charge in [0.15, 0.2) is 5.82 Å². The van der Waals surface area contributed by atoms with Crippen molar-refractivity contribution in [3.63, 3.8) is 0 Å². The van der Waals surface area contributed by atoms with Crippen LogP contribution >= 0.6 is 11.8 Å². The molecule has 1 heterocycles. The van der Waals surface area contributed by atoms with Crippen molar-refractivity contribution in [1.29, 1.82) is 0 Å². The van der Waals surface area contributed by atoms with Gasteiger partial charge in [-0.3, -0.25) is 0 Å². The second-order valence-electron chi connectivity index (χ2n) is 4.49. The first kappa shape index (κ1) is 14.8. The van der Waals surface area contributed by atoms with Crippen LogP contribution in [0.4, 0.5) is 10.3 Å². The summed E-state index contributed by atoms with van der Waals surface area (Å²) in [5.41, 5.74) is 2.40. The second kappa shape index (κ2) is 7.24. The molecule has 20 heavy (non-hydrogen) atoms. The van der Waals surface area contributed by atoms with Crippen LogP contribution in [0.25, 0.3) is 0 Å². The average molecular weight is 291 g/mol. The summed E-state index contributed by atoms with van der Waals surface area (Å²) < 4.78 is 13.7. The van der Waals surface area contributed by atoms with Crippen molar-refractivity contribution in [3.8, 4) is 0 Å². The largest absolute Gasteiger partial charge is 0.354 e. The van der Waals surface area contributed by atoms with E-state index in [1.54, 1.807) is 0 Å². The third-order valence-corrected chi connectivity index (χ3v) is 3.89. The summed E-state index contributed by atoms with van der Waals surface area (Å²) in [7, 11) is 0. The standard InChI is InChI=1S/C15H18FN3S/c1-3-8-17-15-18-9-13(16)14(19-15)20-10-12-7-5-4-6-11(12)2/h4-7,9H,3,8,10H2,1-2H3,(H,17,18,19). The lowest BCUT2D eigenvalue weighted by molar-refractivity contribution is 0.579. The maximum atomic E-state index is 13.7. The van der Waals surface area contributed by atoms with E-state index >= 15 is 0 Å². The molecule has 0 spiro atoms. The number of benzene rings is 1. The SMILES string of the molecule is CCCNc1ncc(F)c(SCc2ccccc2C)n1. The van der Waals surface area contributed by atoms with Gasteiger partial charge in [0.2, 0.25) is 5.95 Å². The summed E-state index contributed by atoms with van der Waals surface area (Å²) in [4.78, 5) is 8.16. The molecular formula is C15H18FN3S. The maximum absolute atomic E-state index is 13.7. The predicted molar refractivity (Wildman–Crippen MR) is 81.5 cm³/mol. The molecule has 5 heteroatoms. The first-order valence-electron chi connectivity index (χ1n) is 6.64. The Morgan fingerprint density at radius 3 is 2.85 bits per heavy atom. The average Bonchev–Trinajstić information content (AvgIpc) is 2.46. The van der Waals surface area contributed by atoms with Gasteiger partial charge in [-0.05, 0) is 24.5 Å². The summed E-state index contributed by atoms with van der Waals surface area (Å²) in [6.07, 6.45) is 2.21. The number of hydrogen-bond donors (Lipinski definition) is 1. The monoisotopic (exact) mass is 291 g/mol. The Morgan fingerprint density at radius 1 is 1.30 bits per heavy atom. The Balaban J connectivity index is 2.07. The minimum atomic E-state index is -0.370. The van der Waals surface area contributed by atoms with Crippen molar-refractivity contribution in [2.24, 2.45) is 0 Å². The van der Waals surface area contributed by atoms with Gasteiger partial charge in [-0.15, -0.1) is 0 Å². The predicted octanol–water partition coefficient (Wildman–Crippen LogP) is 4.04. The zero-order valence-electron chi connectivity index (χ0n) is 11.7. The number of aryl methyl sites for hydroxylation is 1. The number of halogens is 1. The van der Waals surface area contributed by atoms with E-state index in [1.165, 1.54) is 29.1 Å². The fourth-order valence-corrected chi connectivity index (χ4v) is 2.65. The number of thioether (sulfide) groups is 1. The zero-order valence-corrected chi connectivity index (χ0v) is 12.5. The highest BCUT2D eigenvalue weighted by Gasteiger charge is 2.08. The minimum absolute atomic E-state index is 0.370. The molecular weight excluding hydrogens is 273 g/mol. The van der Waals surface area contributed by atoms with Gasteiger partial charge in [-0.25, -0.2) is 14.4 Å². The summed E-state index contributed by atoms with van der Waals surface area (Å²) in [6.45, 7) is 4.90. The minimum Gasteiger partial charge on any atom is -0.354 e. The third kappa shape index (κ3) is 3.93. The van der Waals surface area contributed by atoms with Crippen LogP contribution in [0.3, 0.4) is 0 Å². The molecule has 0 fully saturated rings. The van der Waals surface area contributed by atoms with Crippen LogP contribution in [0.2, 0.25) is 0 Å². The highest BCUT2D eigenvalue weighted by Crippen LogP contribution is 2.25. The molecule has 1 aromatic heterocycles. The fraction of sp³-hybridized carbons (Fsp3) is 0.333. The van der Waals surface area contributed by atoms with E-state index in [-0.39, 0.29) is 5.82 Å². The third-order valence-electron chi connectivity index (χ3n) is 2.87. The molecule has 0 amide bonds. The van der Waals surface area contributed by atoms with Gasteiger partial charge in [0.1, 0.15) is 5.03 Å². The van der Waals surface area contributed by atoms with E-state index in [0.717, 1.165) is 13.0 Å². The topological polar surface area (TPSA) is 37.8 Å². The van der Waals surface area contributed by atoms with Crippen molar-refractivity contribution in [2.75, 3.05) is 11.9 Å². The van der Waals surface area contributed by atoms with Gasteiger partial charge in [-0.1, -0.05) is 43.0 Å². The quantitative estimate of drug-likeness (QED) is 0.644. The molecule has 0 atom stereocenters. The molecule has 1 aromatic carbocycles. The van der Waals surface area contributed by atoms with Crippen LogP contribution in [0.15, 0.2) is 35.5 Å². The lowest BCUT2D eigenvalue weighted by Crippen LogP contribution is -2.05. The Morgan fingerprint density at radius 2 is 2.10 bits per heavy atom. The van der Waals surface area contributed by atoms with E-state index in [0.29, 0.717) is 16.7 Å². The van der Waals surface area contributed by atoms with Gasteiger partial charge >= 0.3 is 0 Å². The van der Waals surface area contributed by atoms with Gasteiger partial charge in [0.25, 0.3) is 0 Å². The lowest BCUT2D eigenvalue weighted by Gasteiger charge is -2.07. The first-order valence-corrected chi connectivity index (χ1v) is 7.63. The number of nitrogens with one attached hydrogen (secondary N) is 1. The van der Waals surface area contributed by atoms with Crippen molar-refractivity contribution < 1.29 is 4.39 Å². The van der Waals surface area contributed by atoms with Gasteiger partial charge in [-0.2, -0.15) is 0 Å². The van der Waals surface area contributed by atoms with Gasteiger partial charge < -0.3 is 5.32 Å². The van der Waals surface area contributed by atoms with Crippen LogP contribution in [-0.2, 0) is 5.75 Å². The molecule has 0 unspecified atom stereocenters. The second-order valence-corrected chi connectivity index (χ2v) is 5.45. The van der Waals surface area contributed by atoms with E-state index in [9.17, 15) is 4.39 Å². The molecule has 0 aliphatic carbocycles. The number of aromatic nitrogens is 2. The molecule has 106 valence electrons. The highest BCUT2D eigenvalue weighted by atomic mass is 32.2. The van der Waals surface area contributed by atoms with E-state index in [1.807, 2.05) is 12.1 Å². The van der Waals surface area contributed by atoms with Crippen molar-refractivity contribution in [2.45, 2.75) is 31.0 Å². The molecule has 0 saturated heterocycles. The summed E-state index contributed by atoms with van der Waals surface area (Å²) in [6, 6.07) is 8.10. The van der Waals surface area contributed by atoms with Gasteiger partial charge in [0.05, 0.1) is 6.20 Å². The molecule has 0 bridgehead atoms. The number of hydrogen-bond acceptors (Lipinski definition) is 4.